The molecule has 0 bridgehead atoms. The summed E-state index contributed by atoms with van der Waals surface area (Å²) >= 11 is 0. The van der Waals surface area contributed by atoms with E-state index in [1.165, 1.54) is 0 Å². The van der Waals surface area contributed by atoms with Gasteiger partial charge in [0.15, 0.2) is 0 Å². The fourth-order valence-corrected chi connectivity index (χ4v) is 1.23. The van der Waals surface area contributed by atoms with Crippen molar-refractivity contribution in [2.75, 3.05) is 5.32 Å². The lowest BCUT2D eigenvalue weighted by atomic mass is 10.1. The molecule has 0 aliphatic carbocycles. The Morgan fingerprint density at radius 1 is 1.62 bits per heavy atom. The van der Waals surface area contributed by atoms with Gasteiger partial charge in [0.05, 0.1) is 0 Å². The Bertz CT molecular complexity index is 373. The van der Waals surface area contributed by atoms with Crippen molar-refractivity contribution in [3.05, 3.63) is 30.0 Å². The molecule has 0 fully saturated rings. The number of pyridine rings is 1. The highest BCUT2D eigenvalue weighted by Crippen LogP contribution is 2.19. The van der Waals surface area contributed by atoms with Gasteiger partial charge in [-0.05, 0) is 12.1 Å². The predicted octanol–water partition coefficient (Wildman–Crippen LogP) is 0.374. The van der Waals surface area contributed by atoms with E-state index in [2.05, 4.69) is 10.3 Å². The quantitative estimate of drug-likeness (QED) is 0.648. The molecule has 3 N–H and O–H groups in total. The molecule has 1 aromatic heterocycles. The van der Waals surface area contributed by atoms with Gasteiger partial charge >= 0.3 is 0 Å². The summed E-state index contributed by atoms with van der Waals surface area (Å²) in [4.78, 5) is 14.9. The fraction of sp³-hybridized carbons (Fsp3) is 0.111. The van der Waals surface area contributed by atoms with Crippen LogP contribution >= 0.6 is 0 Å². The molecule has 1 aliphatic rings. The van der Waals surface area contributed by atoms with E-state index in [4.69, 9.17) is 5.73 Å². The third kappa shape index (κ3) is 1.38. The molecule has 1 atom stereocenters. The molecule has 1 aromatic rings. The van der Waals surface area contributed by atoms with E-state index in [0.717, 1.165) is 5.56 Å². The number of fused-ring (bicyclic) bond motifs is 1. The molecule has 0 saturated heterocycles. The first-order valence-corrected chi connectivity index (χ1v) is 3.96. The molecule has 2 heterocycles. The van der Waals surface area contributed by atoms with Crippen molar-refractivity contribution in [1.82, 2.24) is 4.98 Å². The third-order valence-corrected chi connectivity index (χ3v) is 1.91. The van der Waals surface area contributed by atoms with Crippen LogP contribution in [0.4, 0.5) is 5.82 Å². The van der Waals surface area contributed by atoms with Crippen LogP contribution in [0.15, 0.2) is 24.4 Å². The molecule has 13 heavy (non-hydrogen) atoms. The summed E-state index contributed by atoms with van der Waals surface area (Å²) in [5.74, 6) is 0.307. The lowest BCUT2D eigenvalue weighted by molar-refractivity contribution is -0.117. The van der Waals surface area contributed by atoms with Gasteiger partial charge in [-0.25, -0.2) is 4.98 Å². The van der Waals surface area contributed by atoms with Crippen LogP contribution in [0, 0.1) is 0 Å². The molecule has 66 valence electrons. The van der Waals surface area contributed by atoms with Crippen LogP contribution in [0.1, 0.15) is 5.56 Å². The zero-order valence-corrected chi connectivity index (χ0v) is 6.90. The van der Waals surface area contributed by atoms with Gasteiger partial charge < -0.3 is 11.1 Å². The van der Waals surface area contributed by atoms with Gasteiger partial charge in [0, 0.05) is 11.8 Å². The number of anilines is 1. The van der Waals surface area contributed by atoms with Crippen LogP contribution in [-0.4, -0.2) is 16.9 Å². The van der Waals surface area contributed by atoms with Crippen LogP contribution in [0.25, 0.3) is 6.08 Å². The van der Waals surface area contributed by atoms with Crippen molar-refractivity contribution in [1.29, 1.82) is 0 Å². The zero-order chi connectivity index (χ0) is 9.26. The molecule has 1 aliphatic heterocycles. The van der Waals surface area contributed by atoms with Gasteiger partial charge in [0.25, 0.3) is 0 Å². The van der Waals surface area contributed by atoms with Gasteiger partial charge in [0.1, 0.15) is 11.9 Å². The summed E-state index contributed by atoms with van der Waals surface area (Å²) in [6.07, 6.45) is 5.24. The number of nitrogens with one attached hydrogen (secondary N) is 1. The minimum atomic E-state index is -0.442. The molecular weight excluding hydrogens is 166 g/mol. The number of aromatic nitrogens is 1. The molecule has 0 saturated carbocycles. The first kappa shape index (κ1) is 7.79. The van der Waals surface area contributed by atoms with Crippen molar-refractivity contribution in [2.24, 2.45) is 5.73 Å². The van der Waals surface area contributed by atoms with E-state index < -0.39 is 11.9 Å². The number of carbonyl (C=O) groups excluding carboxylic acids is 1. The minimum Gasteiger partial charge on any atom is -0.368 e. The van der Waals surface area contributed by atoms with Crippen molar-refractivity contribution >= 4 is 17.8 Å². The van der Waals surface area contributed by atoms with Crippen molar-refractivity contribution in [3.63, 3.8) is 0 Å². The summed E-state index contributed by atoms with van der Waals surface area (Å²) in [7, 11) is 0. The number of hydrogen-bond acceptors (Lipinski definition) is 3. The number of nitrogens with two attached hydrogens (primary N) is 1. The topological polar surface area (TPSA) is 68.0 Å². The Morgan fingerprint density at radius 3 is 3.23 bits per heavy atom. The Kier molecular flexibility index (Phi) is 1.73. The van der Waals surface area contributed by atoms with Crippen LogP contribution in [0.2, 0.25) is 0 Å². The van der Waals surface area contributed by atoms with Gasteiger partial charge in [0.2, 0.25) is 5.91 Å². The third-order valence-electron chi connectivity index (χ3n) is 1.91. The Labute approximate surface area is 75.5 Å². The average molecular weight is 175 g/mol. The van der Waals surface area contributed by atoms with Crippen molar-refractivity contribution in [2.45, 2.75) is 6.04 Å². The maximum Gasteiger partial charge on any atom is 0.244 e. The highest BCUT2D eigenvalue weighted by atomic mass is 16.1. The van der Waals surface area contributed by atoms with Crippen LogP contribution < -0.4 is 11.1 Å². The first-order chi connectivity index (χ1) is 6.27. The number of nitrogens with zero attached hydrogens (tertiary/aromatic N) is 1. The lowest BCUT2D eigenvalue weighted by Crippen LogP contribution is -2.35. The standard InChI is InChI=1S/C9H9N3O/c10-8(13)7-4-3-6-2-1-5-11-9(6)12-7/h1-5,7H,(H2,10,13)(H,11,12). The second-order valence-electron chi connectivity index (χ2n) is 2.82. The summed E-state index contributed by atoms with van der Waals surface area (Å²) < 4.78 is 0. The molecular formula is C9H9N3O. The summed E-state index contributed by atoms with van der Waals surface area (Å²) in [6.45, 7) is 0. The largest absolute Gasteiger partial charge is 0.368 e. The Hall–Kier alpha value is -1.84. The molecule has 4 heteroatoms. The zero-order valence-electron chi connectivity index (χ0n) is 6.90. The molecule has 4 nitrogen and oxygen atoms in total. The lowest BCUT2D eigenvalue weighted by Gasteiger charge is -2.17. The fourth-order valence-electron chi connectivity index (χ4n) is 1.23. The summed E-state index contributed by atoms with van der Waals surface area (Å²) in [5.41, 5.74) is 6.12. The second kappa shape index (κ2) is 2.90. The summed E-state index contributed by atoms with van der Waals surface area (Å²) in [5, 5.41) is 2.92. The highest BCUT2D eigenvalue weighted by molar-refractivity contribution is 5.88. The Balaban J connectivity index is 2.34. The molecule has 1 unspecified atom stereocenters. The van der Waals surface area contributed by atoms with E-state index in [1.807, 2.05) is 18.2 Å². The predicted molar refractivity (Wildman–Crippen MR) is 49.9 cm³/mol. The average Bonchev–Trinajstić information content (AvgIpc) is 2.17. The molecule has 1 amide bonds. The highest BCUT2D eigenvalue weighted by Gasteiger charge is 2.16. The normalized spacial score (nSPS) is 18.9. The van der Waals surface area contributed by atoms with Gasteiger partial charge in [-0.2, -0.15) is 0 Å². The number of primary amides is 1. The van der Waals surface area contributed by atoms with E-state index >= 15 is 0 Å². The second-order valence-corrected chi connectivity index (χ2v) is 2.82. The SMILES string of the molecule is NC(=O)C1C=Cc2cccnc2N1. The summed E-state index contributed by atoms with van der Waals surface area (Å²) in [6, 6.07) is 3.32. The van der Waals surface area contributed by atoms with Crippen LogP contribution in [-0.2, 0) is 4.79 Å². The van der Waals surface area contributed by atoms with E-state index in [1.54, 1.807) is 12.3 Å². The van der Waals surface area contributed by atoms with E-state index in [9.17, 15) is 4.79 Å². The smallest absolute Gasteiger partial charge is 0.244 e. The van der Waals surface area contributed by atoms with Crippen molar-refractivity contribution < 1.29 is 4.79 Å². The monoisotopic (exact) mass is 175 g/mol. The van der Waals surface area contributed by atoms with E-state index in [0.29, 0.717) is 5.82 Å². The Morgan fingerprint density at radius 2 is 2.46 bits per heavy atom. The molecule has 2 rings (SSSR count). The number of amides is 1. The van der Waals surface area contributed by atoms with E-state index in [-0.39, 0.29) is 0 Å². The molecule has 0 radical (unpaired) electrons. The van der Waals surface area contributed by atoms with Crippen molar-refractivity contribution in [3.8, 4) is 0 Å². The minimum absolute atomic E-state index is 0.396. The van der Waals surface area contributed by atoms with Gasteiger partial charge in [-0.3, -0.25) is 4.79 Å². The maximum atomic E-state index is 10.8. The van der Waals surface area contributed by atoms with Crippen LogP contribution in [0.3, 0.4) is 0 Å². The molecule has 0 aromatic carbocycles. The van der Waals surface area contributed by atoms with Crippen LogP contribution in [0.5, 0.6) is 0 Å². The van der Waals surface area contributed by atoms with Gasteiger partial charge in [-0.15, -0.1) is 0 Å². The first-order valence-electron chi connectivity index (χ1n) is 3.96. The maximum absolute atomic E-state index is 10.8. The molecule has 0 spiro atoms. The number of carbonyl (C=O) groups is 1. The number of hydrogen-bond donors (Lipinski definition) is 2. The van der Waals surface area contributed by atoms with Gasteiger partial charge in [-0.1, -0.05) is 12.2 Å². The number of rotatable bonds is 1.